The van der Waals surface area contributed by atoms with Gasteiger partial charge in [-0.3, -0.25) is 0 Å². The summed E-state index contributed by atoms with van der Waals surface area (Å²) in [5.74, 6) is 1.12. The van der Waals surface area contributed by atoms with E-state index in [0.717, 1.165) is 5.69 Å². The molecule has 2 N–H and O–H groups in total. The van der Waals surface area contributed by atoms with E-state index < -0.39 is 0 Å². The highest BCUT2D eigenvalue weighted by atomic mass is 16.5. The van der Waals surface area contributed by atoms with Gasteiger partial charge in [0.25, 0.3) is 0 Å². The first kappa shape index (κ1) is 13.7. The van der Waals surface area contributed by atoms with Gasteiger partial charge in [0, 0.05) is 17.8 Å². The quantitative estimate of drug-likeness (QED) is 0.791. The van der Waals surface area contributed by atoms with E-state index in [0.29, 0.717) is 24.9 Å². The fourth-order valence-corrected chi connectivity index (χ4v) is 1.62. The monoisotopic (exact) mass is 239 g/mol. The maximum Gasteiger partial charge on any atom is 0.226 e. The smallest absolute Gasteiger partial charge is 0.226 e. The number of ether oxygens (including phenoxy) is 1. The lowest BCUT2D eigenvalue weighted by Gasteiger charge is -2.16. The van der Waals surface area contributed by atoms with Crippen LogP contribution in [0.5, 0.6) is 5.88 Å². The third-order valence-corrected chi connectivity index (χ3v) is 2.19. The number of aliphatic hydroxyl groups is 1. The topological polar surface area (TPSA) is 67.3 Å². The van der Waals surface area contributed by atoms with Crippen LogP contribution in [0.2, 0.25) is 0 Å². The molecule has 1 heterocycles. The van der Waals surface area contributed by atoms with Crippen LogP contribution in [0.3, 0.4) is 0 Å². The summed E-state index contributed by atoms with van der Waals surface area (Å²) in [6.07, 6.45) is 0.315. The third kappa shape index (κ3) is 4.99. The van der Waals surface area contributed by atoms with Crippen molar-refractivity contribution in [3.8, 4) is 5.88 Å². The van der Waals surface area contributed by atoms with Gasteiger partial charge in [0.2, 0.25) is 11.8 Å². The molecule has 0 fully saturated rings. The average Bonchev–Trinajstić information content (AvgIpc) is 2.14. The molecule has 0 spiro atoms. The van der Waals surface area contributed by atoms with Crippen molar-refractivity contribution in [2.45, 2.75) is 46.3 Å². The maximum atomic E-state index is 9.29. The molecule has 0 radical (unpaired) electrons. The molecule has 1 rings (SSSR count). The Morgan fingerprint density at radius 3 is 2.71 bits per heavy atom. The van der Waals surface area contributed by atoms with Crippen molar-refractivity contribution < 1.29 is 9.84 Å². The van der Waals surface area contributed by atoms with E-state index in [4.69, 9.17) is 4.74 Å². The molecule has 17 heavy (non-hydrogen) atoms. The Balaban J connectivity index is 2.69. The van der Waals surface area contributed by atoms with E-state index in [2.05, 4.69) is 15.3 Å². The van der Waals surface area contributed by atoms with Crippen LogP contribution in [0.4, 0.5) is 5.95 Å². The van der Waals surface area contributed by atoms with Gasteiger partial charge in [-0.25, -0.2) is 4.98 Å². The summed E-state index contributed by atoms with van der Waals surface area (Å²) < 4.78 is 5.35. The van der Waals surface area contributed by atoms with Crippen molar-refractivity contribution in [2.75, 3.05) is 11.9 Å². The van der Waals surface area contributed by atoms with Crippen LogP contribution in [0.15, 0.2) is 6.07 Å². The van der Waals surface area contributed by atoms with Gasteiger partial charge in [0.15, 0.2) is 0 Å². The SMILES string of the molecule is CCOc1cc(C)nc(NC(C)CC(C)O)n1. The van der Waals surface area contributed by atoms with E-state index in [1.54, 1.807) is 13.0 Å². The predicted octanol–water partition coefficient (Wildman–Crippen LogP) is 1.76. The van der Waals surface area contributed by atoms with Gasteiger partial charge in [0.05, 0.1) is 12.7 Å². The fourth-order valence-electron chi connectivity index (χ4n) is 1.62. The molecule has 5 heteroatoms. The predicted molar refractivity (Wildman–Crippen MR) is 67.3 cm³/mol. The van der Waals surface area contributed by atoms with Crippen molar-refractivity contribution in [3.63, 3.8) is 0 Å². The Kier molecular flexibility index (Phi) is 5.15. The fraction of sp³-hybridized carbons (Fsp3) is 0.667. The van der Waals surface area contributed by atoms with Crippen molar-refractivity contribution in [1.29, 1.82) is 0 Å². The molecular weight excluding hydrogens is 218 g/mol. The van der Waals surface area contributed by atoms with E-state index >= 15 is 0 Å². The molecule has 2 atom stereocenters. The summed E-state index contributed by atoms with van der Waals surface area (Å²) >= 11 is 0. The number of nitrogens with one attached hydrogen (secondary N) is 1. The molecule has 0 aromatic carbocycles. The lowest BCUT2D eigenvalue weighted by molar-refractivity contribution is 0.179. The van der Waals surface area contributed by atoms with Crippen LogP contribution < -0.4 is 10.1 Å². The van der Waals surface area contributed by atoms with Gasteiger partial charge in [0.1, 0.15) is 0 Å². The highest BCUT2D eigenvalue weighted by Crippen LogP contribution is 2.13. The number of hydrogen-bond acceptors (Lipinski definition) is 5. The summed E-state index contributed by atoms with van der Waals surface area (Å²) in [5.41, 5.74) is 0.857. The van der Waals surface area contributed by atoms with Crippen LogP contribution in [0, 0.1) is 6.92 Å². The number of hydrogen-bond donors (Lipinski definition) is 2. The number of anilines is 1. The van der Waals surface area contributed by atoms with E-state index in [9.17, 15) is 5.11 Å². The van der Waals surface area contributed by atoms with Gasteiger partial charge >= 0.3 is 0 Å². The molecule has 0 aliphatic carbocycles. The third-order valence-electron chi connectivity index (χ3n) is 2.19. The lowest BCUT2D eigenvalue weighted by atomic mass is 10.2. The van der Waals surface area contributed by atoms with Gasteiger partial charge < -0.3 is 15.2 Å². The Bertz CT molecular complexity index is 356. The minimum Gasteiger partial charge on any atom is -0.478 e. The Morgan fingerprint density at radius 1 is 1.41 bits per heavy atom. The first-order valence-electron chi connectivity index (χ1n) is 5.94. The molecule has 0 saturated heterocycles. The maximum absolute atomic E-state index is 9.29. The van der Waals surface area contributed by atoms with Crippen molar-refractivity contribution in [3.05, 3.63) is 11.8 Å². The first-order chi connectivity index (χ1) is 8.01. The molecule has 0 amide bonds. The van der Waals surface area contributed by atoms with Gasteiger partial charge in [-0.15, -0.1) is 0 Å². The number of nitrogens with zero attached hydrogens (tertiary/aromatic N) is 2. The highest BCUT2D eigenvalue weighted by Gasteiger charge is 2.09. The zero-order valence-corrected chi connectivity index (χ0v) is 10.9. The van der Waals surface area contributed by atoms with Crippen molar-refractivity contribution in [2.24, 2.45) is 0 Å². The van der Waals surface area contributed by atoms with E-state index in [-0.39, 0.29) is 12.1 Å². The Hall–Kier alpha value is -1.36. The number of aryl methyl sites for hydroxylation is 1. The Morgan fingerprint density at radius 2 is 2.12 bits per heavy atom. The summed E-state index contributed by atoms with van der Waals surface area (Å²) in [6, 6.07) is 1.92. The molecule has 2 unspecified atom stereocenters. The minimum atomic E-state index is -0.339. The second-order valence-corrected chi connectivity index (χ2v) is 4.23. The average molecular weight is 239 g/mol. The molecule has 0 aliphatic heterocycles. The standard InChI is InChI=1S/C12H21N3O2/c1-5-17-11-7-9(3)14-12(15-11)13-8(2)6-10(4)16/h7-8,10,16H,5-6H2,1-4H3,(H,13,14,15). The molecular formula is C12H21N3O2. The zero-order valence-electron chi connectivity index (χ0n) is 10.9. The van der Waals surface area contributed by atoms with Crippen molar-refractivity contribution in [1.82, 2.24) is 9.97 Å². The minimum absolute atomic E-state index is 0.117. The number of aliphatic hydroxyl groups excluding tert-OH is 1. The second-order valence-electron chi connectivity index (χ2n) is 4.23. The van der Waals surface area contributed by atoms with Crippen LogP contribution in [-0.4, -0.2) is 33.8 Å². The number of aromatic nitrogens is 2. The van der Waals surface area contributed by atoms with Crippen molar-refractivity contribution >= 4 is 5.95 Å². The Labute approximate surface area is 102 Å². The highest BCUT2D eigenvalue weighted by molar-refractivity contribution is 5.31. The summed E-state index contributed by atoms with van der Waals surface area (Å²) in [5, 5.41) is 12.4. The summed E-state index contributed by atoms with van der Waals surface area (Å²) in [4.78, 5) is 8.52. The van der Waals surface area contributed by atoms with E-state index in [1.807, 2.05) is 20.8 Å². The molecule has 0 aliphatic rings. The summed E-state index contributed by atoms with van der Waals surface area (Å²) in [6.45, 7) is 8.15. The van der Waals surface area contributed by atoms with Gasteiger partial charge in [-0.05, 0) is 34.1 Å². The summed E-state index contributed by atoms with van der Waals surface area (Å²) in [7, 11) is 0. The lowest BCUT2D eigenvalue weighted by Crippen LogP contribution is -2.22. The molecule has 96 valence electrons. The largest absolute Gasteiger partial charge is 0.478 e. The van der Waals surface area contributed by atoms with E-state index in [1.165, 1.54) is 0 Å². The normalized spacial score (nSPS) is 14.2. The number of rotatable bonds is 6. The zero-order chi connectivity index (χ0) is 12.8. The van der Waals surface area contributed by atoms with Crippen LogP contribution in [0.25, 0.3) is 0 Å². The molecule has 0 bridgehead atoms. The molecule has 1 aromatic heterocycles. The van der Waals surface area contributed by atoms with Gasteiger partial charge in [-0.2, -0.15) is 4.98 Å². The van der Waals surface area contributed by atoms with Gasteiger partial charge in [-0.1, -0.05) is 0 Å². The molecule has 1 aromatic rings. The van der Waals surface area contributed by atoms with Crippen LogP contribution >= 0.6 is 0 Å². The van der Waals surface area contributed by atoms with Crippen LogP contribution in [-0.2, 0) is 0 Å². The molecule has 0 saturated carbocycles. The molecule has 5 nitrogen and oxygen atoms in total. The second kappa shape index (κ2) is 6.39. The van der Waals surface area contributed by atoms with Crippen LogP contribution in [0.1, 0.15) is 32.9 Å². The first-order valence-corrected chi connectivity index (χ1v) is 5.94.